The van der Waals surface area contributed by atoms with E-state index in [2.05, 4.69) is 41.7 Å². The van der Waals surface area contributed by atoms with Crippen LogP contribution in [0.15, 0.2) is 24.3 Å². The highest BCUT2D eigenvalue weighted by atomic mass is 32.1. The van der Waals surface area contributed by atoms with E-state index in [1.165, 1.54) is 36.1 Å². The first-order valence-corrected chi connectivity index (χ1v) is 7.70. The highest BCUT2D eigenvalue weighted by molar-refractivity contribution is 7.11. The van der Waals surface area contributed by atoms with E-state index >= 15 is 0 Å². The Morgan fingerprint density at radius 2 is 2.11 bits per heavy atom. The normalized spacial score (nSPS) is 12.8. The lowest BCUT2D eigenvalue weighted by Gasteiger charge is -2.15. The third kappa shape index (κ3) is 3.22. The van der Waals surface area contributed by atoms with Gasteiger partial charge in [-0.05, 0) is 36.0 Å². The van der Waals surface area contributed by atoms with E-state index in [-0.39, 0.29) is 0 Å². The Labute approximate surface area is 114 Å². The number of nitrogens with zero attached hydrogens (tertiary/aromatic N) is 1. The highest BCUT2D eigenvalue weighted by Gasteiger charge is 2.08. The molecule has 0 saturated carbocycles. The fourth-order valence-corrected chi connectivity index (χ4v) is 2.96. The summed E-state index contributed by atoms with van der Waals surface area (Å²) in [6.07, 6.45) is 5.21. The van der Waals surface area contributed by atoms with Gasteiger partial charge < -0.3 is 5.32 Å². The van der Waals surface area contributed by atoms with Gasteiger partial charge in [-0.3, -0.25) is 0 Å². The second kappa shape index (κ2) is 6.74. The molecule has 0 amide bonds. The number of fused-ring (bicyclic) bond motifs is 1. The average Bonchev–Trinajstić information content (AvgIpc) is 2.82. The Hall–Kier alpha value is -1.09. The van der Waals surface area contributed by atoms with Gasteiger partial charge in [-0.1, -0.05) is 45.2 Å². The molecule has 3 heteroatoms. The largest absolute Gasteiger partial charge is 0.375 e. The summed E-state index contributed by atoms with van der Waals surface area (Å²) in [6.45, 7) is 5.62. The van der Waals surface area contributed by atoms with Crippen molar-refractivity contribution in [2.75, 3.05) is 11.9 Å². The molecule has 0 fully saturated rings. The zero-order chi connectivity index (χ0) is 12.8. The lowest BCUT2D eigenvalue weighted by atomic mass is 9.99. The van der Waals surface area contributed by atoms with E-state index in [1.807, 2.05) is 6.07 Å². The highest BCUT2D eigenvalue weighted by Crippen LogP contribution is 2.27. The smallest absolute Gasteiger partial charge is 0.117 e. The van der Waals surface area contributed by atoms with Crippen LogP contribution in [-0.2, 0) is 0 Å². The standard InChI is InChI=1S/C15H22N2S/c1-3-5-8-12(4-2)11-16-15-13-9-6-7-10-14(13)17-18-15/h6-7,9-10,12,16H,3-5,8,11H2,1-2H3. The van der Waals surface area contributed by atoms with Gasteiger partial charge in [0.1, 0.15) is 5.00 Å². The average molecular weight is 262 g/mol. The molecule has 2 nitrogen and oxygen atoms in total. The van der Waals surface area contributed by atoms with E-state index in [4.69, 9.17) is 0 Å². The molecule has 98 valence electrons. The molecule has 0 bridgehead atoms. The van der Waals surface area contributed by atoms with Crippen LogP contribution in [0.3, 0.4) is 0 Å². The lowest BCUT2D eigenvalue weighted by molar-refractivity contribution is 0.473. The molecular weight excluding hydrogens is 240 g/mol. The third-order valence-corrected chi connectivity index (χ3v) is 4.31. The Morgan fingerprint density at radius 3 is 2.89 bits per heavy atom. The van der Waals surface area contributed by atoms with Crippen LogP contribution in [0, 0.1) is 5.92 Å². The van der Waals surface area contributed by atoms with Crippen LogP contribution in [0.25, 0.3) is 10.9 Å². The molecule has 1 aromatic carbocycles. The molecule has 0 saturated heterocycles. The summed E-state index contributed by atoms with van der Waals surface area (Å²) < 4.78 is 4.46. The summed E-state index contributed by atoms with van der Waals surface area (Å²) in [7, 11) is 0. The van der Waals surface area contributed by atoms with E-state index in [0.717, 1.165) is 18.0 Å². The molecule has 18 heavy (non-hydrogen) atoms. The number of benzene rings is 1. The maximum absolute atomic E-state index is 4.46. The third-order valence-electron chi connectivity index (χ3n) is 3.48. The first-order valence-electron chi connectivity index (χ1n) is 6.93. The Balaban J connectivity index is 1.96. The van der Waals surface area contributed by atoms with Crippen LogP contribution >= 0.6 is 11.5 Å². The predicted octanol–water partition coefficient (Wildman–Crippen LogP) is 4.92. The van der Waals surface area contributed by atoms with Gasteiger partial charge in [-0.15, -0.1) is 0 Å². The predicted molar refractivity (Wildman–Crippen MR) is 81.4 cm³/mol. The van der Waals surface area contributed by atoms with Crippen molar-refractivity contribution in [2.45, 2.75) is 39.5 Å². The van der Waals surface area contributed by atoms with Crippen molar-refractivity contribution < 1.29 is 0 Å². The zero-order valence-electron chi connectivity index (χ0n) is 11.3. The minimum atomic E-state index is 0.783. The number of nitrogens with one attached hydrogen (secondary N) is 1. The van der Waals surface area contributed by atoms with Crippen LogP contribution in [0.1, 0.15) is 39.5 Å². The molecular formula is C15H22N2S. The van der Waals surface area contributed by atoms with Crippen LogP contribution in [-0.4, -0.2) is 10.9 Å². The number of hydrogen-bond acceptors (Lipinski definition) is 3. The monoisotopic (exact) mass is 262 g/mol. The number of rotatable bonds is 7. The lowest BCUT2D eigenvalue weighted by Crippen LogP contribution is -2.13. The maximum atomic E-state index is 4.46. The summed E-state index contributed by atoms with van der Waals surface area (Å²) in [5.41, 5.74) is 1.10. The van der Waals surface area contributed by atoms with E-state index in [0.29, 0.717) is 0 Å². The number of unbranched alkanes of at least 4 members (excludes halogenated alkanes) is 1. The van der Waals surface area contributed by atoms with Crippen molar-refractivity contribution in [3.05, 3.63) is 24.3 Å². The Bertz CT molecular complexity index is 478. The van der Waals surface area contributed by atoms with Gasteiger partial charge in [0.05, 0.1) is 5.52 Å². The Morgan fingerprint density at radius 1 is 1.28 bits per heavy atom. The number of anilines is 1. The fourth-order valence-electron chi connectivity index (χ4n) is 2.20. The van der Waals surface area contributed by atoms with Crippen LogP contribution < -0.4 is 5.32 Å². The molecule has 2 rings (SSSR count). The number of hydrogen-bond donors (Lipinski definition) is 1. The summed E-state index contributed by atoms with van der Waals surface area (Å²) in [6, 6.07) is 8.35. The van der Waals surface area contributed by atoms with Gasteiger partial charge >= 0.3 is 0 Å². The minimum Gasteiger partial charge on any atom is -0.375 e. The number of aromatic nitrogens is 1. The van der Waals surface area contributed by atoms with Gasteiger partial charge in [0.25, 0.3) is 0 Å². The quantitative estimate of drug-likeness (QED) is 0.765. The zero-order valence-corrected chi connectivity index (χ0v) is 12.1. The molecule has 0 aliphatic rings. The molecule has 0 spiro atoms. The van der Waals surface area contributed by atoms with Gasteiger partial charge in [0, 0.05) is 11.9 Å². The van der Waals surface area contributed by atoms with Crippen LogP contribution in [0.4, 0.5) is 5.00 Å². The van der Waals surface area contributed by atoms with E-state index < -0.39 is 0 Å². The molecule has 0 aliphatic heterocycles. The Kier molecular flexibility index (Phi) is 5.00. The molecule has 1 atom stereocenters. The molecule has 1 unspecified atom stereocenters. The summed E-state index contributed by atoms with van der Waals surface area (Å²) >= 11 is 1.58. The molecule has 1 aromatic heterocycles. The van der Waals surface area contributed by atoms with Gasteiger partial charge in [-0.25, -0.2) is 0 Å². The van der Waals surface area contributed by atoms with Gasteiger partial charge in [-0.2, -0.15) is 4.37 Å². The van der Waals surface area contributed by atoms with Gasteiger partial charge in [0.15, 0.2) is 0 Å². The minimum absolute atomic E-state index is 0.783. The maximum Gasteiger partial charge on any atom is 0.117 e. The van der Waals surface area contributed by atoms with E-state index in [9.17, 15) is 0 Å². The van der Waals surface area contributed by atoms with Crippen molar-refractivity contribution in [3.8, 4) is 0 Å². The first-order chi connectivity index (χ1) is 8.85. The summed E-state index contributed by atoms with van der Waals surface area (Å²) in [5, 5.41) is 6.06. The topological polar surface area (TPSA) is 24.9 Å². The van der Waals surface area contributed by atoms with Crippen molar-refractivity contribution in [1.82, 2.24) is 4.37 Å². The fraction of sp³-hybridized carbons (Fsp3) is 0.533. The summed E-state index contributed by atoms with van der Waals surface area (Å²) in [5.74, 6) is 0.783. The molecule has 2 aromatic rings. The molecule has 0 aliphatic carbocycles. The van der Waals surface area contributed by atoms with E-state index in [1.54, 1.807) is 11.5 Å². The van der Waals surface area contributed by atoms with Crippen LogP contribution in [0.5, 0.6) is 0 Å². The molecule has 1 heterocycles. The van der Waals surface area contributed by atoms with Crippen molar-refractivity contribution in [3.63, 3.8) is 0 Å². The van der Waals surface area contributed by atoms with Crippen LogP contribution in [0.2, 0.25) is 0 Å². The second-order valence-corrected chi connectivity index (χ2v) is 5.60. The molecule has 1 N–H and O–H groups in total. The van der Waals surface area contributed by atoms with Crippen molar-refractivity contribution in [1.29, 1.82) is 0 Å². The van der Waals surface area contributed by atoms with Gasteiger partial charge in [0.2, 0.25) is 0 Å². The summed E-state index contributed by atoms with van der Waals surface area (Å²) in [4.78, 5) is 0. The van der Waals surface area contributed by atoms with Crippen molar-refractivity contribution >= 4 is 27.4 Å². The van der Waals surface area contributed by atoms with Crippen molar-refractivity contribution in [2.24, 2.45) is 5.92 Å². The first kappa shape index (κ1) is 13.3. The molecule has 0 radical (unpaired) electrons. The second-order valence-electron chi connectivity index (χ2n) is 4.83. The SMILES string of the molecule is CCCCC(CC)CNc1snc2ccccc12.